The molecule has 1 aromatic heterocycles. The Bertz CT molecular complexity index is 1430. The van der Waals surface area contributed by atoms with Gasteiger partial charge >= 0.3 is 0 Å². The number of nitrogens with one attached hydrogen (secondary N) is 1. The molecule has 186 valence electrons. The van der Waals surface area contributed by atoms with Gasteiger partial charge in [-0.2, -0.15) is 0 Å². The Labute approximate surface area is 210 Å². The minimum Gasteiger partial charge on any atom is -0.497 e. The van der Waals surface area contributed by atoms with Crippen LogP contribution in [0.2, 0.25) is 0 Å². The summed E-state index contributed by atoms with van der Waals surface area (Å²) in [7, 11) is 6.37. The molecule has 0 aliphatic carbocycles. The van der Waals surface area contributed by atoms with Gasteiger partial charge in [-0.25, -0.2) is 0 Å². The van der Waals surface area contributed by atoms with Gasteiger partial charge in [-0.3, -0.25) is 4.79 Å². The average Bonchev–Trinajstić information content (AvgIpc) is 3.32. The van der Waals surface area contributed by atoms with Crippen LogP contribution in [0.3, 0.4) is 0 Å². The lowest BCUT2D eigenvalue weighted by Gasteiger charge is -2.14. The van der Waals surface area contributed by atoms with Crippen LogP contribution in [0.15, 0.2) is 65.3 Å². The molecule has 4 aromatic rings. The van der Waals surface area contributed by atoms with Crippen LogP contribution in [0.5, 0.6) is 23.0 Å². The third-order valence-corrected chi connectivity index (χ3v) is 6.07. The van der Waals surface area contributed by atoms with Gasteiger partial charge < -0.3 is 28.7 Å². The van der Waals surface area contributed by atoms with Crippen LogP contribution < -0.4 is 24.3 Å². The molecule has 1 N–H and O–H groups in total. The number of aryl methyl sites for hydroxylation is 1. The van der Waals surface area contributed by atoms with Gasteiger partial charge in [0.05, 0.1) is 34.7 Å². The number of ether oxygens (including phenoxy) is 4. The van der Waals surface area contributed by atoms with Crippen LogP contribution >= 0.6 is 0 Å². The highest BCUT2D eigenvalue weighted by Crippen LogP contribution is 2.41. The smallest absolute Gasteiger partial charge is 0.248 e. The zero-order chi connectivity index (χ0) is 25.8. The molecule has 0 saturated carbocycles. The molecule has 3 aromatic carbocycles. The number of hydrogen-bond donors (Lipinski definition) is 1. The third kappa shape index (κ3) is 4.73. The first-order valence-corrected chi connectivity index (χ1v) is 11.3. The van der Waals surface area contributed by atoms with Gasteiger partial charge in [0.15, 0.2) is 11.5 Å². The second-order valence-electron chi connectivity index (χ2n) is 8.22. The molecule has 0 unspecified atom stereocenters. The molecule has 0 spiro atoms. The van der Waals surface area contributed by atoms with Crippen LogP contribution in [-0.2, 0) is 4.79 Å². The van der Waals surface area contributed by atoms with Gasteiger partial charge in [-0.15, -0.1) is 0 Å². The second kappa shape index (κ2) is 10.5. The van der Waals surface area contributed by atoms with E-state index in [1.807, 2.05) is 44.2 Å². The van der Waals surface area contributed by atoms with E-state index in [0.29, 0.717) is 22.9 Å². The Morgan fingerprint density at radius 3 is 2.25 bits per heavy atom. The van der Waals surface area contributed by atoms with Gasteiger partial charge in [0, 0.05) is 39.9 Å². The Morgan fingerprint density at radius 2 is 1.61 bits per heavy atom. The number of benzene rings is 3. The zero-order valence-corrected chi connectivity index (χ0v) is 21.2. The number of anilines is 1. The van der Waals surface area contributed by atoms with Gasteiger partial charge in [0.25, 0.3) is 0 Å². The fourth-order valence-corrected chi connectivity index (χ4v) is 4.23. The van der Waals surface area contributed by atoms with Crippen molar-refractivity contribution in [2.24, 2.45) is 0 Å². The number of rotatable bonds is 8. The minimum absolute atomic E-state index is 0.276. The lowest BCUT2D eigenvalue weighted by atomic mass is 9.96. The average molecular weight is 488 g/mol. The van der Waals surface area contributed by atoms with Crippen molar-refractivity contribution in [3.05, 3.63) is 72.0 Å². The van der Waals surface area contributed by atoms with Crippen molar-refractivity contribution in [3.63, 3.8) is 0 Å². The maximum atomic E-state index is 12.9. The molecule has 7 nitrogen and oxygen atoms in total. The number of methoxy groups -OCH3 is 4. The first kappa shape index (κ1) is 24.7. The van der Waals surface area contributed by atoms with Gasteiger partial charge in [-0.05, 0) is 55.3 Å². The Balaban J connectivity index is 1.71. The second-order valence-corrected chi connectivity index (χ2v) is 8.22. The highest BCUT2D eigenvalue weighted by atomic mass is 16.5. The molecule has 7 heteroatoms. The number of allylic oxidation sites excluding steroid dienone is 1. The van der Waals surface area contributed by atoms with E-state index in [1.54, 1.807) is 59.0 Å². The van der Waals surface area contributed by atoms with E-state index >= 15 is 0 Å². The monoisotopic (exact) mass is 487 g/mol. The maximum absolute atomic E-state index is 12.9. The van der Waals surface area contributed by atoms with Crippen molar-refractivity contribution < 1.29 is 28.2 Å². The van der Waals surface area contributed by atoms with Crippen molar-refractivity contribution in [1.82, 2.24) is 0 Å². The summed E-state index contributed by atoms with van der Waals surface area (Å²) < 4.78 is 27.5. The van der Waals surface area contributed by atoms with Crippen LogP contribution in [0.4, 0.5) is 5.69 Å². The van der Waals surface area contributed by atoms with E-state index in [0.717, 1.165) is 44.5 Å². The van der Waals surface area contributed by atoms with E-state index in [4.69, 9.17) is 23.4 Å². The molecule has 36 heavy (non-hydrogen) atoms. The lowest BCUT2D eigenvalue weighted by molar-refractivity contribution is -0.111. The van der Waals surface area contributed by atoms with E-state index in [-0.39, 0.29) is 5.91 Å². The van der Waals surface area contributed by atoms with Gasteiger partial charge in [0.2, 0.25) is 5.91 Å². The van der Waals surface area contributed by atoms with Crippen molar-refractivity contribution in [3.8, 4) is 34.1 Å². The molecular formula is C29H29NO6. The first-order chi connectivity index (χ1) is 17.4. The normalized spacial score (nSPS) is 11.3. The number of carbonyl (C=O) groups excluding carboxylic acids is 1. The number of furan rings is 1. The molecule has 0 aliphatic rings. The predicted octanol–water partition coefficient (Wildman–Crippen LogP) is 6.48. The Hall–Kier alpha value is -4.39. The van der Waals surface area contributed by atoms with E-state index < -0.39 is 0 Å². The highest BCUT2D eigenvalue weighted by molar-refractivity contribution is 6.06. The fraction of sp³-hybridized carbons (Fsp3) is 0.207. The molecule has 4 rings (SSSR count). The number of amides is 1. The van der Waals surface area contributed by atoms with E-state index in [9.17, 15) is 4.79 Å². The van der Waals surface area contributed by atoms with Crippen molar-refractivity contribution in [2.45, 2.75) is 13.8 Å². The third-order valence-electron chi connectivity index (χ3n) is 6.07. The van der Waals surface area contributed by atoms with Crippen LogP contribution in [0.25, 0.3) is 27.7 Å². The molecule has 1 heterocycles. The van der Waals surface area contributed by atoms with Crippen LogP contribution in [0.1, 0.15) is 18.1 Å². The Morgan fingerprint density at radius 1 is 0.889 bits per heavy atom. The topological polar surface area (TPSA) is 79.2 Å². The van der Waals surface area contributed by atoms with Crippen molar-refractivity contribution in [2.75, 3.05) is 33.8 Å². The SMILES string of the molecule is COc1ccc(-c2coc3c(C)c(OC)c(/C(C)=C/C(=O)Nc4ccc(OC)c(OC)c4)cc23)cc1. The summed E-state index contributed by atoms with van der Waals surface area (Å²) in [5.41, 5.74) is 5.69. The largest absolute Gasteiger partial charge is 0.497 e. The summed E-state index contributed by atoms with van der Waals surface area (Å²) in [6.45, 7) is 3.83. The van der Waals surface area contributed by atoms with Crippen LogP contribution in [-0.4, -0.2) is 34.3 Å². The summed E-state index contributed by atoms with van der Waals surface area (Å²) in [5.74, 6) is 2.28. The molecule has 0 saturated heterocycles. The molecule has 0 bridgehead atoms. The molecule has 1 amide bonds. The van der Waals surface area contributed by atoms with Crippen LogP contribution in [0, 0.1) is 6.92 Å². The maximum Gasteiger partial charge on any atom is 0.248 e. The summed E-state index contributed by atoms with van der Waals surface area (Å²) in [6.07, 6.45) is 3.29. The zero-order valence-electron chi connectivity index (χ0n) is 21.2. The molecule has 0 atom stereocenters. The fourth-order valence-electron chi connectivity index (χ4n) is 4.23. The number of hydrogen-bond acceptors (Lipinski definition) is 6. The van der Waals surface area contributed by atoms with E-state index in [2.05, 4.69) is 5.32 Å². The summed E-state index contributed by atoms with van der Waals surface area (Å²) in [4.78, 5) is 12.9. The summed E-state index contributed by atoms with van der Waals surface area (Å²) in [5, 5.41) is 3.81. The summed E-state index contributed by atoms with van der Waals surface area (Å²) in [6, 6.07) is 15.0. The number of fused-ring (bicyclic) bond motifs is 1. The van der Waals surface area contributed by atoms with Crippen molar-refractivity contribution in [1.29, 1.82) is 0 Å². The highest BCUT2D eigenvalue weighted by Gasteiger charge is 2.19. The number of carbonyl (C=O) groups is 1. The Kier molecular flexibility index (Phi) is 7.20. The molecule has 0 aliphatic heterocycles. The quantitative estimate of drug-likeness (QED) is 0.286. The first-order valence-electron chi connectivity index (χ1n) is 11.3. The predicted molar refractivity (Wildman–Crippen MR) is 141 cm³/mol. The van der Waals surface area contributed by atoms with Gasteiger partial charge in [0.1, 0.15) is 17.1 Å². The molecular weight excluding hydrogens is 458 g/mol. The molecule has 0 radical (unpaired) electrons. The van der Waals surface area contributed by atoms with Gasteiger partial charge in [-0.1, -0.05) is 12.1 Å². The summed E-state index contributed by atoms with van der Waals surface area (Å²) >= 11 is 0. The minimum atomic E-state index is -0.276. The molecule has 0 fully saturated rings. The lowest BCUT2D eigenvalue weighted by Crippen LogP contribution is -2.09. The van der Waals surface area contributed by atoms with E-state index in [1.165, 1.54) is 0 Å². The standard InChI is InChI=1S/C29H29NO6/c1-17(13-27(31)30-20-9-12-25(33-4)26(14-20)34-5)22-15-23-24(19-7-10-21(32-3)11-8-19)16-36-29(23)18(2)28(22)35-6/h7-16H,1-6H3,(H,30,31)/b17-13+. The van der Waals surface area contributed by atoms with Crippen molar-refractivity contribution >= 4 is 28.1 Å².